The Balaban J connectivity index is 3.08. The third kappa shape index (κ3) is 2.49. The van der Waals surface area contributed by atoms with E-state index in [-0.39, 0.29) is 13.2 Å². The lowest BCUT2D eigenvalue weighted by atomic mass is 10.1. The number of benzene rings is 1. The lowest BCUT2D eigenvalue weighted by molar-refractivity contribution is 0.281. The fourth-order valence-electron chi connectivity index (χ4n) is 1.09. The molecule has 0 aliphatic carbocycles. The van der Waals surface area contributed by atoms with Crippen molar-refractivity contribution < 1.29 is 14.9 Å². The first-order valence-electron chi connectivity index (χ1n) is 4.19. The fraction of sp³-hybridized carbons (Fsp3) is 0.273. The van der Waals surface area contributed by atoms with Crippen LogP contribution in [-0.4, -0.2) is 23.9 Å². The standard InChI is InChI=1S/C11H12O3/c1-14-11-5-4-9(8-13)7-10(11)3-2-6-12/h4-5,7,12-13H,6,8H2,1H3. The van der Waals surface area contributed by atoms with Gasteiger partial charge in [0.25, 0.3) is 0 Å². The highest BCUT2D eigenvalue weighted by Gasteiger charge is 2.00. The van der Waals surface area contributed by atoms with Crippen molar-refractivity contribution in [3.63, 3.8) is 0 Å². The smallest absolute Gasteiger partial charge is 0.134 e. The van der Waals surface area contributed by atoms with Gasteiger partial charge in [0.15, 0.2) is 0 Å². The molecule has 0 aliphatic heterocycles. The van der Waals surface area contributed by atoms with Crippen LogP contribution < -0.4 is 4.74 Å². The van der Waals surface area contributed by atoms with Crippen LogP contribution in [0.1, 0.15) is 11.1 Å². The van der Waals surface area contributed by atoms with Crippen LogP contribution in [0.5, 0.6) is 5.75 Å². The molecule has 0 unspecified atom stereocenters. The summed E-state index contributed by atoms with van der Waals surface area (Å²) in [7, 11) is 1.55. The second-order valence-corrected chi connectivity index (χ2v) is 2.65. The van der Waals surface area contributed by atoms with Crippen molar-refractivity contribution in [3.8, 4) is 17.6 Å². The van der Waals surface area contributed by atoms with Gasteiger partial charge in [-0.25, -0.2) is 0 Å². The number of methoxy groups -OCH3 is 1. The molecule has 0 atom stereocenters. The van der Waals surface area contributed by atoms with Crippen molar-refractivity contribution in [1.82, 2.24) is 0 Å². The van der Waals surface area contributed by atoms with Crippen molar-refractivity contribution in [2.45, 2.75) is 6.61 Å². The Kier molecular flexibility index (Phi) is 3.99. The molecular weight excluding hydrogens is 180 g/mol. The van der Waals surface area contributed by atoms with Crippen LogP contribution in [0.15, 0.2) is 18.2 Å². The van der Waals surface area contributed by atoms with Gasteiger partial charge in [0.1, 0.15) is 12.4 Å². The monoisotopic (exact) mass is 192 g/mol. The number of aliphatic hydroxyl groups is 2. The van der Waals surface area contributed by atoms with E-state index in [1.165, 1.54) is 0 Å². The largest absolute Gasteiger partial charge is 0.495 e. The molecule has 0 aromatic heterocycles. The zero-order chi connectivity index (χ0) is 10.4. The van der Waals surface area contributed by atoms with Crippen molar-refractivity contribution in [1.29, 1.82) is 0 Å². The van der Waals surface area contributed by atoms with Gasteiger partial charge in [-0.1, -0.05) is 17.9 Å². The van der Waals surface area contributed by atoms with Crippen molar-refractivity contribution >= 4 is 0 Å². The predicted octanol–water partition coefficient (Wildman–Crippen LogP) is 0.531. The minimum atomic E-state index is -0.188. The highest BCUT2D eigenvalue weighted by Crippen LogP contribution is 2.18. The molecule has 0 heterocycles. The summed E-state index contributed by atoms with van der Waals surface area (Å²) in [4.78, 5) is 0. The Labute approximate surface area is 83.0 Å². The third-order valence-corrected chi connectivity index (χ3v) is 1.75. The Hall–Kier alpha value is -1.50. The molecule has 0 radical (unpaired) electrons. The molecule has 0 spiro atoms. The molecule has 14 heavy (non-hydrogen) atoms. The van der Waals surface area contributed by atoms with E-state index in [9.17, 15) is 0 Å². The Bertz CT molecular complexity index is 361. The lowest BCUT2D eigenvalue weighted by Crippen LogP contribution is -1.91. The highest BCUT2D eigenvalue weighted by molar-refractivity contribution is 5.48. The maximum absolute atomic E-state index is 8.91. The topological polar surface area (TPSA) is 49.7 Å². The second kappa shape index (κ2) is 5.28. The molecule has 3 heteroatoms. The molecule has 0 aliphatic rings. The third-order valence-electron chi connectivity index (χ3n) is 1.75. The Morgan fingerprint density at radius 1 is 1.36 bits per heavy atom. The van der Waals surface area contributed by atoms with Crippen LogP contribution >= 0.6 is 0 Å². The zero-order valence-corrected chi connectivity index (χ0v) is 7.95. The summed E-state index contributed by atoms with van der Waals surface area (Å²) in [6, 6.07) is 5.25. The molecule has 0 saturated carbocycles. The predicted molar refractivity (Wildman–Crippen MR) is 52.9 cm³/mol. The van der Waals surface area contributed by atoms with Crippen LogP contribution in [-0.2, 0) is 6.61 Å². The second-order valence-electron chi connectivity index (χ2n) is 2.65. The molecule has 1 aromatic carbocycles. The van der Waals surface area contributed by atoms with Gasteiger partial charge in [-0.3, -0.25) is 0 Å². The highest BCUT2D eigenvalue weighted by atomic mass is 16.5. The van der Waals surface area contributed by atoms with Gasteiger partial charge in [0, 0.05) is 0 Å². The molecular formula is C11H12O3. The SMILES string of the molecule is COc1ccc(CO)cc1C#CCO. The maximum Gasteiger partial charge on any atom is 0.134 e. The van der Waals surface area contributed by atoms with Crippen LogP contribution in [0.2, 0.25) is 0 Å². The number of aliphatic hydroxyl groups excluding tert-OH is 2. The molecule has 1 rings (SSSR count). The van der Waals surface area contributed by atoms with Gasteiger partial charge >= 0.3 is 0 Å². The van der Waals surface area contributed by atoms with E-state index in [0.29, 0.717) is 11.3 Å². The van der Waals surface area contributed by atoms with E-state index < -0.39 is 0 Å². The molecule has 3 nitrogen and oxygen atoms in total. The summed E-state index contributed by atoms with van der Waals surface area (Å²) in [5, 5.41) is 17.5. The molecule has 0 saturated heterocycles. The average molecular weight is 192 g/mol. The first-order valence-corrected chi connectivity index (χ1v) is 4.19. The van der Waals surface area contributed by atoms with E-state index >= 15 is 0 Å². The van der Waals surface area contributed by atoms with E-state index in [4.69, 9.17) is 14.9 Å². The summed E-state index contributed by atoms with van der Waals surface area (Å²) in [6.07, 6.45) is 0. The molecule has 2 N–H and O–H groups in total. The molecule has 0 bridgehead atoms. The maximum atomic E-state index is 8.91. The number of hydrogen-bond donors (Lipinski definition) is 2. The van der Waals surface area contributed by atoms with E-state index in [2.05, 4.69) is 11.8 Å². The van der Waals surface area contributed by atoms with Crippen molar-refractivity contribution in [3.05, 3.63) is 29.3 Å². The van der Waals surface area contributed by atoms with Gasteiger partial charge in [-0.15, -0.1) is 0 Å². The summed E-state index contributed by atoms with van der Waals surface area (Å²) in [6.45, 7) is -0.218. The summed E-state index contributed by atoms with van der Waals surface area (Å²) in [5.41, 5.74) is 1.45. The first kappa shape index (κ1) is 10.6. The fourth-order valence-corrected chi connectivity index (χ4v) is 1.09. The first-order chi connectivity index (χ1) is 6.81. The van der Waals surface area contributed by atoms with E-state index in [1.807, 2.05) is 0 Å². The molecule has 0 amide bonds. The van der Waals surface area contributed by atoms with Crippen LogP contribution in [0.25, 0.3) is 0 Å². The van der Waals surface area contributed by atoms with E-state index in [1.54, 1.807) is 25.3 Å². The van der Waals surface area contributed by atoms with Gasteiger partial charge in [0.2, 0.25) is 0 Å². The lowest BCUT2D eigenvalue weighted by Gasteiger charge is -2.04. The number of rotatable bonds is 2. The average Bonchev–Trinajstić information content (AvgIpc) is 2.25. The van der Waals surface area contributed by atoms with Crippen LogP contribution in [0, 0.1) is 11.8 Å². The van der Waals surface area contributed by atoms with Crippen LogP contribution in [0.4, 0.5) is 0 Å². The van der Waals surface area contributed by atoms with Gasteiger partial charge in [-0.05, 0) is 17.7 Å². The van der Waals surface area contributed by atoms with Crippen molar-refractivity contribution in [2.75, 3.05) is 13.7 Å². The zero-order valence-electron chi connectivity index (χ0n) is 7.95. The number of ether oxygens (including phenoxy) is 1. The quantitative estimate of drug-likeness (QED) is 0.672. The van der Waals surface area contributed by atoms with Gasteiger partial charge in [-0.2, -0.15) is 0 Å². The van der Waals surface area contributed by atoms with E-state index in [0.717, 1.165) is 5.56 Å². The van der Waals surface area contributed by atoms with Crippen molar-refractivity contribution in [2.24, 2.45) is 0 Å². The molecule has 1 aromatic rings. The summed E-state index contributed by atoms with van der Waals surface area (Å²) >= 11 is 0. The normalized spacial score (nSPS) is 9.07. The van der Waals surface area contributed by atoms with Gasteiger partial charge in [0.05, 0.1) is 19.3 Å². The van der Waals surface area contributed by atoms with Gasteiger partial charge < -0.3 is 14.9 Å². The molecule has 74 valence electrons. The van der Waals surface area contributed by atoms with Crippen LogP contribution in [0.3, 0.4) is 0 Å². The Morgan fingerprint density at radius 2 is 2.14 bits per heavy atom. The summed E-state index contributed by atoms with van der Waals surface area (Å²) in [5.74, 6) is 5.93. The molecule has 0 fully saturated rings. The minimum Gasteiger partial charge on any atom is -0.495 e. The Morgan fingerprint density at radius 3 is 2.71 bits per heavy atom. The minimum absolute atomic E-state index is 0.0300. The number of hydrogen-bond acceptors (Lipinski definition) is 3. The summed E-state index contributed by atoms with van der Waals surface area (Å²) < 4.78 is 5.08.